The maximum absolute atomic E-state index is 14.1. The van der Waals surface area contributed by atoms with Crippen molar-refractivity contribution in [3.63, 3.8) is 0 Å². The van der Waals surface area contributed by atoms with Gasteiger partial charge in [0.2, 0.25) is 0 Å². The molecule has 0 spiro atoms. The number of rotatable bonds is 5. The molecule has 0 unspecified atom stereocenters. The normalized spacial score (nSPS) is 10.3. The van der Waals surface area contributed by atoms with E-state index < -0.39 is 5.82 Å². The summed E-state index contributed by atoms with van der Waals surface area (Å²) in [5, 5.41) is 3.17. The highest BCUT2D eigenvalue weighted by Gasteiger charge is 2.06. The first-order valence-electron chi connectivity index (χ1n) is 7.24. The van der Waals surface area contributed by atoms with E-state index in [1.165, 1.54) is 12.3 Å². The zero-order chi connectivity index (χ0) is 16.1. The lowest BCUT2D eigenvalue weighted by atomic mass is 10.2. The van der Waals surface area contributed by atoms with Crippen LogP contribution in [0.1, 0.15) is 11.3 Å². The monoisotopic (exact) mass is 309 g/mol. The maximum Gasteiger partial charge on any atom is 0.166 e. The van der Waals surface area contributed by atoms with Gasteiger partial charge in [-0.15, -0.1) is 0 Å². The minimum Gasteiger partial charge on any atom is -0.453 e. The van der Waals surface area contributed by atoms with Crippen molar-refractivity contribution in [3.8, 4) is 11.5 Å². The van der Waals surface area contributed by atoms with Crippen LogP contribution in [-0.4, -0.2) is 9.97 Å². The number of hydrogen-bond acceptors (Lipinski definition) is 4. The van der Waals surface area contributed by atoms with Crippen LogP contribution in [0.2, 0.25) is 0 Å². The molecule has 0 aliphatic heterocycles. The molecule has 2 aromatic heterocycles. The number of aryl methyl sites for hydroxylation is 1. The smallest absolute Gasteiger partial charge is 0.166 e. The summed E-state index contributed by atoms with van der Waals surface area (Å²) in [4.78, 5) is 8.28. The largest absolute Gasteiger partial charge is 0.453 e. The number of nitrogens with one attached hydrogen (secondary N) is 1. The molecule has 5 heteroatoms. The first kappa shape index (κ1) is 15.0. The zero-order valence-electron chi connectivity index (χ0n) is 12.7. The fourth-order valence-electron chi connectivity index (χ4n) is 2.11. The van der Waals surface area contributed by atoms with E-state index in [0.717, 1.165) is 17.1 Å². The van der Waals surface area contributed by atoms with Crippen molar-refractivity contribution in [1.29, 1.82) is 0 Å². The van der Waals surface area contributed by atoms with Gasteiger partial charge in [0.15, 0.2) is 11.6 Å². The van der Waals surface area contributed by atoms with E-state index in [4.69, 9.17) is 4.74 Å². The van der Waals surface area contributed by atoms with Crippen LogP contribution in [0.4, 0.5) is 10.2 Å². The highest BCUT2D eigenvalue weighted by Crippen LogP contribution is 2.24. The third kappa shape index (κ3) is 4.03. The maximum atomic E-state index is 14.1. The Morgan fingerprint density at radius 3 is 2.78 bits per heavy atom. The summed E-state index contributed by atoms with van der Waals surface area (Å²) < 4.78 is 19.6. The molecule has 0 aliphatic carbocycles. The highest BCUT2D eigenvalue weighted by atomic mass is 19.1. The minimum absolute atomic E-state index is 0.176. The summed E-state index contributed by atoms with van der Waals surface area (Å²) in [6, 6.07) is 14.1. The van der Waals surface area contributed by atoms with Gasteiger partial charge >= 0.3 is 0 Å². The summed E-state index contributed by atoms with van der Waals surface area (Å²) >= 11 is 0. The van der Waals surface area contributed by atoms with Gasteiger partial charge in [-0.05, 0) is 48.9 Å². The average molecular weight is 309 g/mol. The Labute approximate surface area is 134 Å². The molecule has 0 aliphatic rings. The van der Waals surface area contributed by atoms with Gasteiger partial charge in [0, 0.05) is 18.4 Å². The highest BCUT2D eigenvalue weighted by molar-refractivity contribution is 5.38. The minimum atomic E-state index is -0.412. The molecule has 0 atom stereocenters. The molecule has 4 nitrogen and oxygen atoms in total. The van der Waals surface area contributed by atoms with Crippen LogP contribution in [0.3, 0.4) is 0 Å². The lowest BCUT2D eigenvalue weighted by Gasteiger charge is -2.09. The molecule has 0 amide bonds. The van der Waals surface area contributed by atoms with Gasteiger partial charge in [-0.3, -0.25) is 4.98 Å². The molecule has 1 aromatic carbocycles. The summed E-state index contributed by atoms with van der Waals surface area (Å²) in [6.45, 7) is 2.41. The third-order valence-corrected chi connectivity index (χ3v) is 3.22. The van der Waals surface area contributed by atoms with Gasteiger partial charge in [-0.2, -0.15) is 0 Å². The van der Waals surface area contributed by atoms with Crippen LogP contribution in [0.15, 0.2) is 60.9 Å². The van der Waals surface area contributed by atoms with Crippen LogP contribution in [0.5, 0.6) is 11.5 Å². The van der Waals surface area contributed by atoms with E-state index in [0.29, 0.717) is 12.3 Å². The van der Waals surface area contributed by atoms with Gasteiger partial charge in [-0.25, -0.2) is 9.37 Å². The number of ether oxygens (including phenoxy) is 1. The van der Waals surface area contributed by atoms with Crippen molar-refractivity contribution in [3.05, 3.63) is 78.0 Å². The number of pyridine rings is 2. The van der Waals surface area contributed by atoms with Crippen molar-refractivity contribution >= 4 is 5.82 Å². The molecule has 116 valence electrons. The Hall–Kier alpha value is -2.95. The Balaban J connectivity index is 1.67. The Bertz CT molecular complexity index is 793. The number of benzene rings is 1. The van der Waals surface area contributed by atoms with Crippen molar-refractivity contribution in [2.75, 3.05) is 5.32 Å². The summed E-state index contributed by atoms with van der Waals surface area (Å²) in [5.41, 5.74) is 1.74. The summed E-state index contributed by atoms with van der Waals surface area (Å²) in [5.74, 6) is 1.03. The lowest BCUT2D eigenvalue weighted by molar-refractivity contribution is 0.440. The molecule has 0 bridgehead atoms. The van der Waals surface area contributed by atoms with Crippen molar-refractivity contribution < 1.29 is 9.13 Å². The average Bonchev–Trinajstić information content (AvgIpc) is 2.56. The fourth-order valence-corrected chi connectivity index (χ4v) is 2.11. The molecule has 0 saturated heterocycles. The number of halogens is 1. The molecule has 1 N–H and O–H groups in total. The van der Waals surface area contributed by atoms with Crippen LogP contribution in [0, 0.1) is 12.7 Å². The molecule has 0 radical (unpaired) electrons. The predicted molar refractivity (Wildman–Crippen MR) is 87.0 cm³/mol. The Morgan fingerprint density at radius 1 is 1.13 bits per heavy atom. The van der Waals surface area contributed by atoms with Crippen molar-refractivity contribution in [1.82, 2.24) is 9.97 Å². The standard InChI is InChI=1S/C18H16FN3O/c1-13-4-2-6-18(22-13)21-11-14-7-8-17(16(19)10-14)23-15-5-3-9-20-12-15/h2-10,12H,11H2,1H3,(H,21,22). The Kier molecular flexibility index (Phi) is 4.47. The zero-order valence-corrected chi connectivity index (χ0v) is 12.7. The van der Waals surface area contributed by atoms with E-state index in [-0.39, 0.29) is 5.75 Å². The second-order valence-corrected chi connectivity index (χ2v) is 5.07. The molecular formula is C18H16FN3O. The van der Waals surface area contributed by atoms with E-state index in [1.807, 2.05) is 31.2 Å². The van der Waals surface area contributed by atoms with Crippen molar-refractivity contribution in [2.45, 2.75) is 13.5 Å². The summed E-state index contributed by atoms with van der Waals surface area (Å²) in [7, 11) is 0. The second kappa shape index (κ2) is 6.87. The SMILES string of the molecule is Cc1cccc(NCc2ccc(Oc3cccnc3)c(F)c2)n1. The Morgan fingerprint density at radius 2 is 2.04 bits per heavy atom. The third-order valence-electron chi connectivity index (χ3n) is 3.22. The first-order valence-corrected chi connectivity index (χ1v) is 7.24. The van der Waals surface area contributed by atoms with Crippen molar-refractivity contribution in [2.24, 2.45) is 0 Å². The summed E-state index contributed by atoms with van der Waals surface area (Å²) in [6.07, 6.45) is 3.18. The first-order chi connectivity index (χ1) is 11.2. The lowest BCUT2D eigenvalue weighted by Crippen LogP contribution is -2.02. The van der Waals surface area contributed by atoms with Gasteiger partial charge < -0.3 is 10.1 Å². The second-order valence-electron chi connectivity index (χ2n) is 5.07. The topological polar surface area (TPSA) is 47.0 Å². The van der Waals surface area contributed by atoms with E-state index in [2.05, 4.69) is 15.3 Å². The van der Waals surface area contributed by atoms with E-state index >= 15 is 0 Å². The van der Waals surface area contributed by atoms with Crippen LogP contribution in [0.25, 0.3) is 0 Å². The van der Waals surface area contributed by atoms with Gasteiger partial charge in [0.05, 0.1) is 6.20 Å². The van der Waals surface area contributed by atoms with Gasteiger partial charge in [-0.1, -0.05) is 12.1 Å². The van der Waals surface area contributed by atoms with Gasteiger partial charge in [0.25, 0.3) is 0 Å². The molecule has 3 rings (SSSR count). The van der Waals surface area contributed by atoms with E-state index in [9.17, 15) is 4.39 Å². The number of aromatic nitrogens is 2. The quantitative estimate of drug-likeness (QED) is 0.762. The molecule has 0 saturated carbocycles. The number of anilines is 1. The molecule has 23 heavy (non-hydrogen) atoms. The predicted octanol–water partition coefficient (Wildman–Crippen LogP) is 4.33. The van der Waals surface area contributed by atoms with E-state index in [1.54, 1.807) is 24.4 Å². The number of nitrogens with zero attached hydrogens (tertiary/aromatic N) is 2. The molecule has 2 heterocycles. The van der Waals surface area contributed by atoms with Crippen LogP contribution < -0.4 is 10.1 Å². The number of hydrogen-bond donors (Lipinski definition) is 1. The molecular weight excluding hydrogens is 293 g/mol. The van der Waals surface area contributed by atoms with Gasteiger partial charge in [0.1, 0.15) is 11.6 Å². The molecule has 0 fully saturated rings. The molecule has 3 aromatic rings. The fraction of sp³-hybridized carbons (Fsp3) is 0.111. The van der Waals surface area contributed by atoms with Crippen LogP contribution in [-0.2, 0) is 6.54 Å². The van der Waals surface area contributed by atoms with Crippen LogP contribution >= 0.6 is 0 Å².